The largest absolute Gasteiger partial charge is 0.394 e. The van der Waals surface area contributed by atoms with Crippen LogP contribution < -0.4 is 0 Å². The van der Waals surface area contributed by atoms with Gasteiger partial charge in [0.05, 0.1) is 6.61 Å². The molecule has 0 radical (unpaired) electrons. The van der Waals surface area contributed by atoms with Crippen LogP contribution in [0.4, 0.5) is 0 Å². The first-order valence-corrected chi connectivity index (χ1v) is 18.8. The zero-order chi connectivity index (χ0) is 32.5. The minimum Gasteiger partial charge on any atom is -0.394 e. The Kier molecular flexibility index (Phi) is 32.1. The molecule has 3 N–H and O–H groups in total. The third-order valence-electron chi connectivity index (χ3n) is 8.81. The fraction of sp³-hybridized carbons (Fsp3) is 0.846. The van der Waals surface area contributed by atoms with E-state index in [1.807, 2.05) is 0 Å². The number of unbranched alkanes of at least 4 members (excludes halogenated alkanes) is 20. The van der Waals surface area contributed by atoms with Gasteiger partial charge in [-0.05, 0) is 44.9 Å². The number of aliphatic hydroxyl groups is 3. The van der Waals surface area contributed by atoms with Crippen molar-refractivity contribution in [2.75, 3.05) is 6.61 Å². The van der Waals surface area contributed by atoms with Crippen molar-refractivity contribution < 1.29 is 24.9 Å². The Balaban J connectivity index is 4.21. The summed E-state index contributed by atoms with van der Waals surface area (Å²) in [6.45, 7) is 3.81. The summed E-state index contributed by atoms with van der Waals surface area (Å²) in [4.78, 5) is 25.6. The summed E-state index contributed by atoms with van der Waals surface area (Å²) >= 11 is 0. The first kappa shape index (κ1) is 42.7. The smallest absolute Gasteiger partial charge is 0.164 e. The van der Waals surface area contributed by atoms with Crippen molar-refractivity contribution in [3.05, 3.63) is 24.3 Å². The van der Waals surface area contributed by atoms with Gasteiger partial charge in [-0.1, -0.05) is 154 Å². The summed E-state index contributed by atoms with van der Waals surface area (Å²) in [5.74, 6) is -0.862. The molecule has 0 aliphatic carbocycles. The standard InChI is InChI=1S/C39H72O5/c1-3-5-7-9-11-13-15-17-18-20-22-24-26-28-30-32-36(41)35(33-37(42)39(44)38(43)34-40)31-29-27-25-23-21-19-16-14-12-10-8-6-4-2/h12,14,19,21,35,38-40,43-44H,3-11,13,15-18,20,22-34H2,1-2H3/b14-12-,21-19-. The highest BCUT2D eigenvalue weighted by Gasteiger charge is 2.28. The molecule has 3 unspecified atom stereocenters. The van der Waals surface area contributed by atoms with Crippen molar-refractivity contribution in [3.8, 4) is 0 Å². The number of Topliss-reactive ketones (excluding diaryl/α,β-unsaturated/α-hetero) is 2. The van der Waals surface area contributed by atoms with Crippen molar-refractivity contribution in [1.29, 1.82) is 0 Å². The first-order chi connectivity index (χ1) is 21.5. The van der Waals surface area contributed by atoms with Gasteiger partial charge in [0, 0.05) is 18.8 Å². The zero-order valence-electron chi connectivity index (χ0n) is 29.0. The fourth-order valence-electron chi connectivity index (χ4n) is 5.78. The lowest BCUT2D eigenvalue weighted by molar-refractivity contribution is -0.138. The van der Waals surface area contributed by atoms with E-state index in [-0.39, 0.29) is 12.2 Å². The zero-order valence-corrected chi connectivity index (χ0v) is 29.0. The molecule has 0 rings (SSSR count). The van der Waals surface area contributed by atoms with E-state index in [9.17, 15) is 19.8 Å². The number of carbonyl (C=O) groups excluding carboxylic acids is 2. The Bertz CT molecular complexity index is 701. The van der Waals surface area contributed by atoms with Crippen molar-refractivity contribution in [2.24, 2.45) is 5.92 Å². The van der Waals surface area contributed by atoms with Crippen molar-refractivity contribution in [2.45, 2.75) is 199 Å². The summed E-state index contributed by atoms with van der Waals surface area (Å²) in [6, 6.07) is 0. The molecule has 0 heterocycles. The van der Waals surface area contributed by atoms with Gasteiger partial charge in [-0.25, -0.2) is 0 Å². The van der Waals surface area contributed by atoms with Gasteiger partial charge in [0.15, 0.2) is 5.78 Å². The summed E-state index contributed by atoms with van der Waals surface area (Å²) in [5.41, 5.74) is 0. The third kappa shape index (κ3) is 27.0. The molecule has 3 atom stereocenters. The van der Waals surface area contributed by atoms with Gasteiger partial charge in [-0.3, -0.25) is 9.59 Å². The highest BCUT2D eigenvalue weighted by atomic mass is 16.4. The molecular formula is C39H72O5. The molecule has 0 aliphatic rings. The maximum absolute atomic E-state index is 13.1. The summed E-state index contributed by atoms with van der Waals surface area (Å²) < 4.78 is 0. The number of hydrogen-bond acceptors (Lipinski definition) is 5. The van der Waals surface area contributed by atoms with Gasteiger partial charge in [0.2, 0.25) is 0 Å². The highest BCUT2D eigenvalue weighted by molar-refractivity contribution is 5.90. The Morgan fingerprint density at radius 3 is 1.48 bits per heavy atom. The lowest BCUT2D eigenvalue weighted by Gasteiger charge is -2.19. The second kappa shape index (κ2) is 33.1. The van der Waals surface area contributed by atoms with E-state index in [0.29, 0.717) is 12.8 Å². The van der Waals surface area contributed by atoms with E-state index in [4.69, 9.17) is 5.11 Å². The highest BCUT2D eigenvalue weighted by Crippen LogP contribution is 2.21. The number of aliphatic hydroxyl groups excluding tert-OH is 3. The molecule has 0 spiro atoms. The molecule has 0 fully saturated rings. The van der Waals surface area contributed by atoms with Gasteiger partial charge in [0.1, 0.15) is 18.0 Å². The van der Waals surface area contributed by atoms with Gasteiger partial charge < -0.3 is 15.3 Å². The van der Waals surface area contributed by atoms with Crippen LogP contribution in [0.1, 0.15) is 187 Å². The molecule has 0 aliphatic heterocycles. The van der Waals surface area contributed by atoms with Crippen LogP contribution in [0.5, 0.6) is 0 Å². The van der Waals surface area contributed by atoms with E-state index >= 15 is 0 Å². The van der Waals surface area contributed by atoms with Crippen molar-refractivity contribution in [1.82, 2.24) is 0 Å². The van der Waals surface area contributed by atoms with Crippen LogP contribution in [-0.2, 0) is 9.59 Å². The monoisotopic (exact) mass is 621 g/mol. The van der Waals surface area contributed by atoms with Crippen LogP contribution in [0.15, 0.2) is 24.3 Å². The number of allylic oxidation sites excluding steroid dienone is 4. The Labute approximate surface area is 272 Å². The topological polar surface area (TPSA) is 94.8 Å². The molecule has 0 aromatic carbocycles. The minimum atomic E-state index is -1.63. The predicted molar refractivity (Wildman–Crippen MR) is 187 cm³/mol. The fourth-order valence-corrected chi connectivity index (χ4v) is 5.78. The summed E-state index contributed by atoms with van der Waals surface area (Å²) in [6.07, 6.45) is 36.0. The van der Waals surface area contributed by atoms with Crippen LogP contribution in [0.3, 0.4) is 0 Å². The third-order valence-corrected chi connectivity index (χ3v) is 8.81. The first-order valence-electron chi connectivity index (χ1n) is 18.8. The van der Waals surface area contributed by atoms with Crippen molar-refractivity contribution >= 4 is 11.6 Å². The van der Waals surface area contributed by atoms with E-state index < -0.39 is 30.5 Å². The quantitative estimate of drug-likeness (QED) is 0.0491. The molecule has 5 heteroatoms. The predicted octanol–water partition coefficient (Wildman–Crippen LogP) is 10.1. The molecular weight excluding hydrogens is 548 g/mol. The summed E-state index contributed by atoms with van der Waals surface area (Å²) in [5, 5.41) is 28.8. The maximum atomic E-state index is 13.1. The molecule has 0 saturated carbocycles. The molecule has 5 nitrogen and oxygen atoms in total. The number of hydrogen-bond donors (Lipinski definition) is 3. The van der Waals surface area contributed by atoms with Crippen LogP contribution in [0, 0.1) is 5.92 Å². The van der Waals surface area contributed by atoms with Gasteiger partial charge >= 0.3 is 0 Å². The average molecular weight is 621 g/mol. The molecule has 0 bridgehead atoms. The SMILES string of the molecule is CCCCC/C=C\C/C=C\CCCCCC(CC(=O)C(O)C(O)CO)C(=O)CCCCCCCCCCCCCCCCC. The molecule has 0 aromatic heterocycles. The van der Waals surface area contributed by atoms with E-state index in [1.54, 1.807) is 0 Å². The molecule has 0 aromatic rings. The van der Waals surface area contributed by atoms with Crippen LogP contribution in [0.25, 0.3) is 0 Å². The number of carbonyl (C=O) groups is 2. The van der Waals surface area contributed by atoms with Gasteiger partial charge in [-0.15, -0.1) is 0 Å². The van der Waals surface area contributed by atoms with Crippen LogP contribution >= 0.6 is 0 Å². The molecule has 0 amide bonds. The van der Waals surface area contributed by atoms with Crippen LogP contribution in [-0.4, -0.2) is 45.7 Å². The second-order valence-corrected chi connectivity index (χ2v) is 13.0. The van der Waals surface area contributed by atoms with E-state index in [2.05, 4.69) is 38.2 Å². The van der Waals surface area contributed by atoms with Gasteiger partial charge in [0.25, 0.3) is 0 Å². The number of ketones is 2. The minimum absolute atomic E-state index is 0.0553. The summed E-state index contributed by atoms with van der Waals surface area (Å²) in [7, 11) is 0. The molecule has 44 heavy (non-hydrogen) atoms. The average Bonchev–Trinajstić information content (AvgIpc) is 3.03. The Morgan fingerprint density at radius 2 is 0.977 bits per heavy atom. The normalized spacial score (nSPS) is 14.0. The second-order valence-electron chi connectivity index (χ2n) is 13.0. The lowest BCUT2D eigenvalue weighted by atomic mass is 9.87. The maximum Gasteiger partial charge on any atom is 0.164 e. The van der Waals surface area contributed by atoms with Crippen LogP contribution in [0.2, 0.25) is 0 Å². The number of rotatable bonds is 34. The van der Waals surface area contributed by atoms with Gasteiger partial charge in [-0.2, -0.15) is 0 Å². The van der Waals surface area contributed by atoms with E-state index in [1.165, 1.54) is 103 Å². The van der Waals surface area contributed by atoms with Crippen molar-refractivity contribution in [3.63, 3.8) is 0 Å². The lowest BCUT2D eigenvalue weighted by Crippen LogP contribution is -2.38. The molecule has 0 saturated heterocycles. The Hall–Kier alpha value is -1.30. The van der Waals surface area contributed by atoms with E-state index in [0.717, 1.165) is 51.4 Å². The Morgan fingerprint density at radius 1 is 0.545 bits per heavy atom. The molecule has 258 valence electrons.